The lowest BCUT2D eigenvalue weighted by Crippen LogP contribution is -2.43. The fraction of sp³-hybridized carbons (Fsp3) is 0.680. The number of carbonyl (C=O) groups excluding carboxylic acids is 4. The molecule has 0 saturated heterocycles. The highest BCUT2D eigenvalue weighted by molar-refractivity contribution is 6.14. The van der Waals surface area contributed by atoms with Gasteiger partial charge < -0.3 is 19.3 Å². The van der Waals surface area contributed by atoms with Crippen molar-refractivity contribution in [3.63, 3.8) is 0 Å². The summed E-state index contributed by atoms with van der Waals surface area (Å²) < 4.78 is 14.4. The van der Waals surface area contributed by atoms with Crippen LogP contribution in [0.5, 0.6) is 0 Å². The van der Waals surface area contributed by atoms with Crippen molar-refractivity contribution in [1.82, 2.24) is 0 Å². The minimum absolute atomic E-state index is 0.0468. The van der Waals surface area contributed by atoms with Gasteiger partial charge in [-0.15, -0.1) is 0 Å². The van der Waals surface area contributed by atoms with Gasteiger partial charge in [0.2, 0.25) is 0 Å². The fourth-order valence-electron chi connectivity index (χ4n) is 4.23. The summed E-state index contributed by atoms with van der Waals surface area (Å²) in [4.78, 5) is 49.8. The van der Waals surface area contributed by atoms with E-state index in [1.807, 2.05) is 0 Å². The van der Waals surface area contributed by atoms with Crippen LogP contribution in [0.1, 0.15) is 64.7 Å². The lowest BCUT2D eigenvalue weighted by molar-refractivity contribution is -0.160. The predicted octanol–water partition coefficient (Wildman–Crippen LogP) is 3.31. The fourth-order valence-corrected chi connectivity index (χ4v) is 4.23. The molecule has 0 radical (unpaired) electrons. The smallest absolute Gasteiger partial charge is 0.320 e. The maximum absolute atomic E-state index is 13.3. The molecule has 0 bridgehead atoms. The van der Waals surface area contributed by atoms with Gasteiger partial charge in [-0.3, -0.25) is 19.2 Å². The lowest BCUT2D eigenvalue weighted by Gasteiger charge is -2.28. The molecule has 2 unspecified atom stereocenters. The van der Waals surface area contributed by atoms with Crippen LogP contribution in [0, 0.1) is 17.3 Å². The van der Waals surface area contributed by atoms with Gasteiger partial charge in [0.1, 0.15) is 11.3 Å². The van der Waals surface area contributed by atoms with Crippen molar-refractivity contribution >= 4 is 23.7 Å². The number of rotatable bonds is 14. The van der Waals surface area contributed by atoms with Crippen molar-refractivity contribution in [3.05, 3.63) is 24.3 Å². The molecule has 1 saturated carbocycles. The van der Waals surface area contributed by atoms with Crippen LogP contribution in [-0.2, 0) is 33.4 Å². The largest absolute Gasteiger partial charge is 0.469 e. The third-order valence-corrected chi connectivity index (χ3v) is 6.17. The van der Waals surface area contributed by atoms with Gasteiger partial charge in [-0.05, 0) is 32.1 Å². The molecule has 1 aliphatic carbocycles. The van der Waals surface area contributed by atoms with Crippen molar-refractivity contribution < 1.29 is 38.5 Å². The first-order valence-electron chi connectivity index (χ1n) is 11.6. The van der Waals surface area contributed by atoms with Crippen LogP contribution in [0.2, 0.25) is 0 Å². The van der Waals surface area contributed by atoms with E-state index < -0.39 is 41.1 Å². The average Bonchev–Trinajstić information content (AvgIpc) is 3.10. The monoisotopic (exact) mass is 466 g/mol. The molecular weight excluding hydrogens is 428 g/mol. The summed E-state index contributed by atoms with van der Waals surface area (Å²) in [6.45, 7) is 2.08. The maximum atomic E-state index is 13.3. The van der Waals surface area contributed by atoms with E-state index in [2.05, 4.69) is 11.7 Å². The Bertz CT molecular complexity index is 726. The summed E-state index contributed by atoms with van der Waals surface area (Å²) in [7, 11) is 3.75. The quantitative estimate of drug-likeness (QED) is 0.136. The van der Waals surface area contributed by atoms with Crippen molar-refractivity contribution in [2.24, 2.45) is 17.3 Å². The number of ether oxygens (including phenoxy) is 3. The normalized spacial score (nSPS) is 23.7. The Morgan fingerprint density at radius 2 is 1.82 bits per heavy atom. The van der Waals surface area contributed by atoms with Crippen molar-refractivity contribution in [2.75, 3.05) is 21.3 Å². The summed E-state index contributed by atoms with van der Waals surface area (Å²) >= 11 is 0. The number of aliphatic hydroxyl groups is 1. The van der Waals surface area contributed by atoms with Gasteiger partial charge in [0.25, 0.3) is 0 Å². The van der Waals surface area contributed by atoms with E-state index in [0.717, 1.165) is 19.3 Å². The van der Waals surface area contributed by atoms with Crippen LogP contribution in [0.15, 0.2) is 24.3 Å². The summed E-state index contributed by atoms with van der Waals surface area (Å²) in [6, 6.07) is 0. The van der Waals surface area contributed by atoms with E-state index in [-0.39, 0.29) is 25.2 Å². The van der Waals surface area contributed by atoms with E-state index >= 15 is 0 Å². The first kappa shape index (κ1) is 28.6. The molecule has 1 rings (SSSR count). The van der Waals surface area contributed by atoms with Gasteiger partial charge in [0, 0.05) is 12.3 Å². The number of hydrogen-bond acceptors (Lipinski definition) is 8. The number of unbranched alkanes of at least 4 members (excludes halogenated alkanes) is 3. The van der Waals surface area contributed by atoms with E-state index in [1.165, 1.54) is 21.3 Å². The van der Waals surface area contributed by atoms with Crippen LogP contribution in [0.4, 0.5) is 0 Å². The number of aliphatic hydroxyl groups excluding tert-OH is 1. The third-order valence-electron chi connectivity index (χ3n) is 6.17. The van der Waals surface area contributed by atoms with Crippen molar-refractivity contribution in [2.45, 2.75) is 70.8 Å². The van der Waals surface area contributed by atoms with Gasteiger partial charge >= 0.3 is 17.9 Å². The molecule has 0 spiro atoms. The molecule has 0 aromatic carbocycles. The highest BCUT2D eigenvalue weighted by Crippen LogP contribution is 2.48. The van der Waals surface area contributed by atoms with Crippen LogP contribution in [-0.4, -0.2) is 56.2 Å². The Morgan fingerprint density at radius 3 is 2.42 bits per heavy atom. The molecule has 8 nitrogen and oxygen atoms in total. The van der Waals surface area contributed by atoms with Crippen LogP contribution < -0.4 is 0 Å². The number of esters is 3. The van der Waals surface area contributed by atoms with Crippen molar-refractivity contribution in [1.29, 1.82) is 0 Å². The summed E-state index contributed by atoms with van der Waals surface area (Å²) in [5, 5.41) is 10.3. The SMILES string of the molecule is CCCCCC(O)/C=C/[C@@H]1C[C@H](C(=O)OC)C(=O)C1(CC=CCCCC(=O)OC)C(=O)OC. The zero-order valence-electron chi connectivity index (χ0n) is 20.2. The molecule has 1 fully saturated rings. The Morgan fingerprint density at radius 1 is 1.09 bits per heavy atom. The molecule has 0 aliphatic heterocycles. The average molecular weight is 467 g/mol. The molecule has 186 valence electrons. The highest BCUT2D eigenvalue weighted by atomic mass is 16.5. The zero-order chi connectivity index (χ0) is 24.9. The second-order valence-electron chi connectivity index (χ2n) is 8.34. The predicted molar refractivity (Wildman–Crippen MR) is 122 cm³/mol. The van der Waals surface area contributed by atoms with Crippen LogP contribution in [0.3, 0.4) is 0 Å². The van der Waals surface area contributed by atoms with Gasteiger partial charge in [-0.2, -0.15) is 0 Å². The summed E-state index contributed by atoms with van der Waals surface area (Å²) in [5.41, 5.74) is -1.58. The minimum Gasteiger partial charge on any atom is -0.469 e. The first-order chi connectivity index (χ1) is 15.8. The Balaban J connectivity index is 3.11. The second-order valence-corrected chi connectivity index (χ2v) is 8.34. The van der Waals surface area contributed by atoms with E-state index in [9.17, 15) is 24.3 Å². The van der Waals surface area contributed by atoms with Crippen LogP contribution >= 0.6 is 0 Å². The number of carbonyl (C=O) groups is 4. The Kier molecular flexibility index (Phi) is 12.7. The maximum Gasteiger partial charge on any atom is 0.320 e. The molecule has 0 heterocycles. The Hall–Kier alpha value is -2.48. The lowest BCUT2D eigenvalue weighted by atomic mass is 9.73. The van der Waals surface area contributed by atoms with Crippen LogP contribution in [0.25, 0.3) is 0 Å². The first-order valence-corrected chi connectivity index (χ1v) is 11.6. The number of methoxy groups -OCH3 is 3. The molecule has 1 aliphatic rings. The summed E-state index contributed by atoms with van der Waals surface area (Å²) in [5.74, 6) is -3.93. The number of Topliss-reactive ketones (excluding diaryl/α,β-unsaturated/α-hetero) is 1. The topological polar surface area (TPSA) is 116 Å². The number of allylic oxidation sites excluding steroid dienone is 3. The standard InChI is InChI=1S/C25H38O8/c1-5-6-9-12-19(26)15-14-18-17-20(23(29)32-3)22(28)25(18,24(30)33-4)16-11-8-7-10-13-21(27)31-2/h8,11,14-15,18-20,26H,5-7,9-10,12-13,16-17H2,1-4H3/b11-8?,15-14+/t18-,19?,20+,25?/m1/s1. The molecule has 33 heavy (non-hydrogen) atoms. The Labute approximate surface area is 196 Å². The number of hydrogen-bond donors (Lipinski definition) is 1. The van der Waals surface area contributed by atoms with E-state index in [0.29, 0.717) is 19.3 Å². The molecular formula is C25H38O8. The molecule has 8 heteroatoms. The molecule has 1 N–H and O–H groups in total. The van der Waals surface area contributed by atoms with Gasteiger partial charge in [0.05, 0.1) is 27.4 Å². The van der Waals surface area contributed by atoms with E-state index in [1.54, 1.807) is 24.3 Å². The van der Waals surface area contributed by atoms with Crippen molar-refractivity contribution in [3.8, 4) is 0 Å². The van der Waals surface area contributed by atoms with Gasteiger partial charge in [-0.1, -0.05) is 50.5 Å². The molecule has 4 atom stereocenters. The third kappa shape index (κ3) is 7.81. The number of ketones is 1. The molecule has 0 aromatic heterocycles. The minimum atomic E-state index is -1.58. The van der Waals surface area contributed by atoms with Gasteiger partial charge in [-0.25, -0.2) is 0 Å². The molecule has 0 amide bonds. The van der Waals surface area contributed by atoms with E-state index in [4.69, 9.17) is 9.47 Å². The molecule has 0 aromatic rings. The highest BCUT2D eigenvalue weighted by Gasteiger charge is 2.61. The van der Waals surface area contributed by atoms with Gasteiger partial charge in [0.15, 0.2) is 5.78 Å². The zero-order valence-corrected chi connectivity index (χ0v) is 20.2. The summed E-state index contributed by atoms with van der Waals surface area (Å²) in [6.07, 6.45) is 11.1. The second kappa shape index (κ2) is 14.6.